The molecule has 16 heavy (non-hydrogen) atoms. The lowest BCUT2D eigenvalue weighted by Crippen LogP contribution is -2.23. The van der Waals surface area contributed by atoms with Gasteiger partial charge in [-0.05, 0) is 26.8 Å². The molecule has 1 unspecified atom stereocenters. The van der Waals surface area contributed by atoms with Gasteiger partial charge >= 0.3 is 0 Å². The van der Waals surface area contributed by atoms with Crippen molar-refractivity contribution in [3.05, 3.63) is 5.82 Å². The van der Waals surface area contributed by atoms with Gasteiger partial charge in [0.25, 0.3) is 0 Å². The molecule has 0 aliphatic carbocycles. The molecule has 1 aromatic heterocycles. The van der Waals surface area contributed by atoms with Crippen LogP contribution in [0, 0.1) is 0 Å². The summed E-state index contributed by atoms with van der Waals surface area (Å²) in [6.45, 7) is 3.28. The Bertz CT molecular complexity index is 337. The summed E-state index contributed by atoms with van der Waals surface area (Å²) >= 11 is 1.81. The van der Waals surface area contributed by atoms with Crippen molar-refractivity contribution in [1.29, 1.82) is 0 Å². The van der Waals surface area contributed by atoms with Gasteiger partial charge in [0.1, 0.15) is 5.82 Å². The topological polar surface area (TPSA) is 42.7 Å². The molecular formula is C11H20N4S. The Morgan fingerprint density at radius 1 is 1.38 bits per heavy atom. The van der Waals surface area contributed by atoms with Crippen LogP contribution in [0.15, 0.2) is 5.16 Å². The third kappa shape index (κ3) is 2.77. The standard InChI is InChI=1S/C11H20N4S/c1-9(12-2)8-16-11-14-13-10-6-4-3-5-7-15(10)11/h9,12H,3-8H2,1-2H3. The minimum Gasteiger partial charge on any atom is -0.316 e. The predicted octanol–water partition coefficient (Wildman–Crippen LogP) is 1.70. The zero-order valence-electron chi connectivity index (χ0n) is 10.1. The van der Waals surface area contributed by atoms with Crippen molar-refractivity contribution in [2.24, 2.45) is 0 Å². The Morgan fingerprint density at radius 2 is 2.25 bits per heavy atom. The molecule has 4 nitrogen and oxygen atoms in total. The van der Waals surface area contributed by atoms with E-state index in [4.69, 9.17) is 0 Å². The van der Waals surface area contributed by atoms with Gasteiger partial charge in [-0.3, -0.25) is 0 Å². The van der Waals surface area contributed by atoms with Gasteiger partial charge in [0, 0.05) is 24.8 Å². The number of nitrogens with zero attached hydrogens (tertiary/aromatic N) is 3. The Balaban J connectivity index is 2.01. The van der Waals surface area contributed by atoms with E-state index in [1.54, 1.807) is 0 Å². The number of rotatable bonds is 4. The highest BCUT2D eigenvalue weighted by Crippen LogP contribution is 2.22. The molecule has 90 valence electrons. The van der Waals surface area contributed by atoms with Gasteiger partial charge in [-0.25, -0.2) is 0 Å². The third-order valence-electron chi connectivity index (χ3n) is 3.03. The van der Waals surface area contributed by atoms with Crippen LogP contribution in [0.2, 0.25) is 0 Å². The Morgan fingerprint density at radius 3 is 3.06 bits per heavy atom. The number of hydrogen-bond acceptors (Lipinski definition) is 4. The monoisotopic (exact) mass is 240 g/mol. The molecule has 1 aliphatic heterocycles. The van der Waals surface area contributed by atoms with Crippen LogP contribution in [0.5, 0.6) is 0 Å². The maximum absolute atomic E-state index is 4.29. The van der Waals surface area contributed by atoms with E-state index in [9.17, 15) is 0 Å². The van der Waals surface area contributed by atoms with Crippen molar-refractivity contribution in [3.63, 3.8) is 0 Å². The summed E-state index contributed by atoms with van der Waals surface area (Å²) in [6.07, 6.45) is 4.94. The van der Waals surface area contributed by atoms with Gasteiger partial charge in [0.15, 0.2) is 5.16 Å². The van der Waals surface area contributed by atoms with E-state index < -0.39 is 0 Å². The molecule has 1 aliphatic rings. The van der Waals surface area contributed by atoms with Gasteiger partial charge in [-0.1, -0.05) is 18.2 Å². The maximum atomic E-state index is 4.29. The van der Waals surface area contributed by atoms with Crippen molar-refractivity contribution in [2.45, 2.75) is 50.4 Å². The van der Waals surface area contributed by atoms with Crippen LogP contribution >= 0.6 is 11.8 Å². The van der Waals surface area contributed by atoms with E-state index in [2.05, 4.69) is 27.0 Å². The molecule has 1 atom stereocenters. The van der Waals surface area contributed by atoms with Crippen molar-refractivity contribution in [2.75, 3.05) is 12.8 Å². The molecular weight excluding hydrogens is 220 g/mol. The molecule has 0 spiro atoms. The van der Waals surface area contributed by atoms with Crippen LogP contribution < -0.4 is 5.32 Å². The highest BCUT2D eigenvalue weighted by atomic mass is 32.2. The minimum absolute atomic E-state index is 0.517. The third-order valence-corrected chi connectivity index (χ3v) is 4.26. The van der Waals surface area contributed by atoms with Crippen molar-refractivity contribution in [1.82, 2.24) is 20.1 Å². The number of fused-ring (bicyclic) bond motifs is 1. The molecule has 5 heteroatoms. The second-order valence-electron chi connectivity index (χ2n) is 4.36. The average Bonchev–Trinajstić information content (AvgIpc) is 2.54. The molecule has 0 bridgehead atoms. The normalized spacial score (nSPS) is 17.9. The van der Waals surface area contributed by atoms with Crippen molar-refractivity contribution in [3.8, 4) is 0 Å². The second-order valence-corrected chi connectivity index (χ2v) is 5.35. The molecule has 2 rings (SSSR count). The van der Waals surface area contributed by atoms with Gasteiger partial charge in [-0.2, -0.15) is 0 Å². The van der Waals surface area contributed by atoms with Crippen LogP contribution in [0.25, 0.3) is 0 Å². The van der Waals surface area contributed by atoms with E-state index in [0.29, 0.717) is 6.04 Å². The van der Waals surface area contributed by atoms with Crippen LogP contribution in [0.3, 0.4) is 0 Å². The summed E-state index contributed by atoms with van der Waals surface area (Å²) in [4.78, 5) is 0. The molecule has 0 radical (unpaired) electrons. The molecule has 0 fully saturated rings. The molecule has 0 aromatic carbocycles. The number of hydrogen-bond donors (Lipinski definition) is 1. The average molecular weight is 240 g/mol. The first kappa shape index (κ1) is 11.9. The summed E-state index contributed by atoms with van der Waals surface area (Å²) in [5.74, 6) is 2.23. The van der Waals surface area contributed by atoms with E-state index in [0.717, 1.165) is 23.9 Å². The van der Waals surface area contributed by atoms with E-state index in [1.165, 1.54) is 25.1 Å². The lowest BCUT2D eigenvalue weighted by atomic mass is 10.2. The van der Waals surface area contributed by atoms with Crippen LogP contribution in [-0.2, 0) is 13.0 Å². The lowest BCUT2D eigenvalue weighted by molar-refractivity contribution is 0.589. The Hall–Kier alpha value is -0.550. The zero-order chi connectivity index (χ0) is 11.4. The molecule has 0 saturated heterocycles. The number of nitrogens with one attached hydrogen (secondary N) is 1. The van der Waals surface area contributed by atoms with Crippen LogP contribution in [0.4, 0.5) is 0 Å². The summed E-state index contributed by atoms with van der Waals surface area (Å²) in [7, 11) is 2.00. The fourth-order valence-corrected chi connectivity index (χ4v) is 2.86. The van der Waals surface area contributed by atoms with E-state index in [-0.39, 0.29) is 0 Å². The zero-order valence-corrected chi connectivity index (χ0v) is 10.9. The van der Waals surface area contributed by atoms with Crippen LogP contribution in [-0.4, -0.2) is 33.6 Å². The highest BCUT2D eigenvalue weighted by Gasteiger charge is 2.15. The molecule has 0 amide bonds. The van der Waals surface area contributed by atoms with Crippen LogP contribution in [0.1, 0.15) is 32.0 Å². The largest absolute Gasteiger partial charge is 0.316 e. The summed E-state index contributed by atoms with van der Waals surface area (Å²) in [6, 6.07) is 0.517. The summed E-state index contributed by atoms with van der Waals surface area (Å²) < 4.78 is 2.31. The van der Waals surface area contributed by atoms with Gasteiger partial charge in [0.05, 0.1) is 0 Å². The molecule has 1 aromatic rings. The Kier molecular flexibility index (Phi) is 4.23. The summed E-state index contributed by atoms with van der Waals surface area (Å²) in [5.41, 5.74) is 0. The quantitative estimate of drug-likeness (QED) is 0.814. The minimum atomic E-state index is 0.517. The maximum Gasteiger partial charge on any atom is 0.191 e. The van der Waals surface area contributed by atoms with Gasteiger partial charge in [0.2, 0.25) is 0 Å². The van der Waals surface area contributed by atoms with E-state index in [1.807, 2.05) is 18.8 Å². The fraction of sp³-hybridized carbons (Fsp3) is 0.818. The number of aryl methyl sites for hydroxylation is 1. The number of aromatic nitrogens is 3. The second kappa shape index (κ2) is 5.68. The molecule has 0 saturated carbocycles. The van der Waals surface area contributed by atoms with Crippen molar-refractivity contribution < 1.29 is 0 Å². The predicted molar refractivity (Wildman–Crippen MR) is 66.8 cm³/mol. The fourth-order valence-electron chi connectivity index (χ4n) is 1.85. The smallest absolute Gasteiger partial charge is 0.191 e. The van der Waals surface area contributed by atoms with Crippen molar-refractivity contribution >= 4 is 11.8 Å². The summed E-state index contributed by atoms with van der Waals surface area (Å²) in [5, 5.41) is 12.9. The highest BCUT2D eigenvalue weighted by molar-refractivity contribution is 7.99. The molecule has 1 N–H and O–H groups in total. The SMILES string of the molecule is CNC(C)CSc1nnc2n1CCCCC2. The number of thioether (sulfide) groups is 1. The van der Waals surface area contributed by atoms with E-state index >= 15 is 0 Å². The Labute approximate surface area is 101 Å². The van der Waals surface area contributed by atoms with Gasteiger partial charge < -0.3 is 9.88 Å². The first-order valence-corrected chi connectivity index (χ1v) is 7.02. The first-order chi connectivity index (χ1) is 7.81. The van der Waals surface area contributed by atoms with Gasteiger partial charge in [-0.15, -0.1) is 10.2 Å². The lowest BCUT2D eigenvalue weighted by Gasteiger charge is -2.10. The molecule has 2 heterocycles. The first-order valence-electron chi connectivity index (χ1n) is 6.03.